The maximum Gasteiger partial charge on any atom is 0.127 e. The fraction of sp³-hybridized carbons (Fsp3) is 0.200. The Bertz CT molecular complexity index is 1090. The summed E-state index contributed by atoms with van der Waals surface area (Å²) in [5, 5.41) is 0. The standard InChI is InChI=1S/C18H19NO2.C12H10O/c1-2-6-14(7-3-1)17-8-4-5-9-18(17)19(10-15-12-20-15)11-16-13-21-16;1-3-7-11(8-4-1)13-12-9-5-2-6-10-12/h1-9,15-16H,10-13H2;1-10H. The molecule has 0 spiro atoms. The Kier molecular flexibility index (Phi) is 7.19. The molecule has 0 amide bonds. The van der Waals surface area contributed by atoms with E-state index in [4.69, 9.17) is 14.2 Å². The average Bonchev–Trinajstić information content (AvgIpc) is 3.83. The molecule has 34 heavy (non-hydrogen) atoms. The zero-order valence-electron chi connectivity index (χ0n) is 19.1. The lowest BCUT2D eigenvalue weighted by atomic mass is 10.0. The van der Waals surface area contributed by atoms with E-state index in [0.29, 0.717) is 12.2 Å². The predicted molar refractivity (Wildman–Crippen MR) is 137 cm³/mol. The highest BCUT2D eigenvalue weighted by molar-refractivity contribution is 5.78. The van der Waals surface area contributed by atoms with E-state index in [1.165, 1.54) is 16.8 Å². The van der Waals surface area contributed by atoms with Gasteiger partial charge < -0.3 is 19.1 Å². The van der Waals surface area contributed by atoms with Crippen molar-refractivity contribution in [3.8, 4) is 22.6 Å². The molecule has 6 rings (SSSR count). The first kappa shape index (κ1) is 22.2. The lowest BCUT2D eigenvalue weighted by Crippen LogP contribution is -2.32. The van der Waals surface area contributed by atoms with Crippen molar-refractivity contribution in [2.45, 2.75) is 12.2 Å². The van der Waals surface area contributed by atoms with Gasteiger partial charge >= 0.3 is 0 Å². The number of rotatable bonds is 8. The summed E-state index contributed by atoms with van der Waals surface area (Å²) < 4.78 is 16.4. The van der Waals surface area contributed by atoms with Crippen LogP contribution in [0, 0.1) is 0 Å². The minimum absolute atomic E-state index is 0.382. The molecule has 2 atom stereocenters. The van der Waals surface area contributed by atoms with Gasteiger partial charge in [-0.3, -0.25) is 0 Å². The Hall–Kier alpha value is -3.60. The van der Waals surface area contributed by atoms with Gasteiger partial charge in [-0.25, -0.2) is 0 Å². The van der Waals surface area contributed by atoms with Crippen LogP contribution in [0.3, 0.4) is 0 Å². The Morgan fingerprint density at radius 1 is 0.588 bits per heavy atom. The van der Waals surface area contributed by atoms with Crippen LogP contribution in [0.2, 0.25) is 0 Å². The average molecular weight is 452 g/mol. The predicted octanol–water partition coefficient (Wildman–Crippen LogP) is 6.44. The number of benzene rings is 4. The van der Waals surface area contributed by atoms with Crippen molar-refractivity contribution >= 4 is 5.69 Å². The molecule has 0 N–H and O–H groups in total. The highest BCUT2D eigenvalue weighted by Crippen LogP contribution is 2.32. The first-order chi connectivity index (χ1) is 16.8. The van der Waals surface area contributed by atoms with Crippen molar-refractivity contribution in [3.05, 3.63) is 115 Å². The fourth-order valence-corrected chi connectivity index (χ4v) is 3.83. The minimum Gasteiger partial charge on any atom is -0.457 e. The van der Waals surface area contributed by atoms with Crippen LogP contribution < -0.4 is 9.64 Å². The molecule has 4 aromatic carbocycles. The van der Waals surface area contributed by atoms with Crippen LogP contribution in [0.25, 0.3) is 11.1 Å². The molecule has 2 aliphatic heterocycles. The summed E-state index contributed by atoms with van der Waals surface area (Å²) in [7, 11) is 0. The second kappa shape index (κ2) is 11.0. The molecular formula is C30H29NO3. The summed E-state index contributed by atoms with van der Waals surface area (Å²) in [5.41, 5.74) is 3.81. The van der Waals surface area contributed by atoms with Crippen LogP contribution in [-0.2, 0) is 9.47 Å². The molecule has 2 fully saturated rings. The van der Waals surface area contributed by atoms with Crippen molar-refractivity contribution in [1.82, 2.24) is 0 Å². The Labute approximate surface area is 201 Å². The van der Waals surface area contributed by atoms with E-state index >= 15 is 0 Å². The third kappa shape index (κ3) is 6.47. The summed E-state index contributed by atoms with van der Waals surface area (Å²) in [4.78, 5) is 2.41. The summed E-state index contributed by atoms with van der Waals surface area (Å²) in [5.74, 6) is 1.74. The molecule has 0 aromatic heterocycles. The van der Waals surface area contributed by atoms with Gasteiger partial charge in [0.05, 0.1) is 25.4 Å². The number of para-hydroxylation sites is 3. The van der Waals surface area contributed by atoms with Crippen molar-refractivity contribution in [2.75, 3.05) is 31.2 Å². The van der Waals surface area contributed by atoms with Gasteiger partial charge in [-0.05, 0) is 35.9 Å². The van der Waals surface area contributed by atoms with Crippen molar-refractivity contribution in [1.29, 1.82) is 0 Å². The van der Waals surface area contributed by atoms with Crippen molar-refractivity contribution in [2.24, 2.45) is 0 Å². The molecule has 0 aliphatic carbocycles. The molecule has 2 saturated heterocycles. The fourth-order valence-electron chi connectivity index (χ4n) is 3.83. The van der Waals surface area contributed by atoms with Crippen molar-refractivity contribution in [3.63, 3.8) is 0 Å². The summed E-state index contributed by atoms with van der Waals surface area (Å²) in [6, 6.07) is 38.7. The number of hydrogen-bond acceptors (Lipinski definition) is 4. The van der Waals surface area contributed by atoms with Gasteiger partial charge in [0.25, 0.3) is 0 Å². The summed E-state index contributed by atoms with van der Waals surface area (Å²) in [6.45, 7) is 3.67. The molecule has 4 heteroatoms. The van der Waals surface area contributed by atoms with Crippen LogP contribution in [-0.4, -0.2) is 38.5 Å². The first-order valence-electron chi connectivity index (χ1n) is 11.8. The van der Waals surface area contributed by atoms with Crippen LogP contribution in [0.5, 0.6) is 11.5 Å². The van der Waals surface area contributed by atoms with E-state index < -0.39 is 0 Å². The maximum absolute atomic E-state index is 5.58. The molecule has 4 nitrogen and oxygen atoms in total. The first-order valence-corrected chi connectivity index (χ1v) is 11.8. The van der Waals surface area contributed by atoms with Gasteiger partial charge in [-0.2, -0.15) is 0 Å². The third-order valence-corrected chi connectivity index (χ3v) is 5.70. The Balaban J connectivity index is 0.000000159. The number of anilines is 1. The SMILES string of the molecule is c1ccc(-c2ccccc2N(CC2CO2)CC2CO2)cc1.c1ccc(Oc2ccccc2)cc1. The summed E-state index contributed by atoms with van der Waals surface area (Å²) >= 11 is 0. The van der Waals surface area contributed by atoms with E-state index in [2.05, 4.69) is 59.5 Å². The highest BCUT2D eigenvalue weighted by atomic mass is 16.6. The smallest absolute Gasteiger partial charge is 0.127 e. The van der Waals surface area contributed by atoms with Gasteiger partial charge in [-0.1, -0.05) is 84.9 Å². The zero-order chi connectivity index (χ0) is 23.0. The highest BCUT2D eigenvalue weighted by Gasteiger charge is 2.31. The van der Waals surface area contributed by atoms with E-state index in [-0.39, 0.29) is 0 Å². The normalized spacial score (nSPS) is 17.8. The monoisotopic (exact) mass is 451 g/mol. The van der Waals surface area contributed by atoms with Gasteiger partial charge in [0.15, 0.2) is 0 Å². The quantitative estimate of drug-likeness (QED) is 0.289. The van der Waals surface area contributed by atoms with Gasteiger partial charge in [0.2, 0.25) is 0 Å². The van der Waals surface area contributed by atoms with Gasteiger partial charge in [0, 0.05) is 24.3 Å². The Morgan fingerprint density at radius 2 is 1.03 bits per heavy atom. The molecule has 2 unspecified atom stereocenters. The molecule has 2 aliphatic rings. The van der Waals surface area contributed by atoms with Crippen LogP contribution in [0.4, 0.5) is 5.69 Å². The third-order valence-electron chi connectivity index (χ3n) is 5.70. The molecule has 2 heterocycles. The second-order valence-corrected chi connectivity index (χ2v) is 8.43. The van der Waals surface area contributed by atoms with E-state index in [0.717, 1.165) is 37.8 Å². The topological polar surface area (TPSA) is 37.5 Å². The van der Waals surface area contributed by atoms with Gasteiger partial charge in [0.1, 0.15) is 11.5 Å². The molecule has 0 saturated carbocycles. The van der Waals surface area contributed by atoms with Crippen molar-refractivity contribution < 1.29 is 14.2 Å². The van der Waals surface area contributed by atoms with Gasteiger partial charge in [-0.15, -0.1) is 0 Å². The zero-order valence-corrected chi connectivity index (χ0v) is 19.1. The maximum atomic E-state index is 5.58. The summed E-state index contributed by atoms with van der Waals surface area (Å²) in [6.07, 6.45) is 0.764. The second-order valence-electron chi connectivity index (χ2n) is 8.43. The minimum atomic E-state index is 0.382. The molecular weight excluding hydrogens is 422 g/mol. The lowest BCUT2D eigenvalue weighted by Gasteiger charge is -2.26. The van der Waals surface area contributed by atoms with Crippen LogP contribution in [0.1, 0.15) is 0 Å². The van der Waals surface area contributed by atoms with Crippen LogP contribution in [0.15, 0.2) is 115 Å². The largest absolute Gasteiger partial charge is 0.457 e. The molecule has 0 bridgehead atoms. The van der Waals surface area contributed by atoms with Crippen LogP contribution >= 0.6 is 0 Å². The van der Waals surface area contributed by atoms with E-state index in [9.17, 15) is 0 Å². The number of epoxide rings is 2. The number of hydrogen-bond donors (Lipinski definition) is 0. The lowest BCUT2D eigenvalue weighted by molar-refractivity contribution is 0.389. The Morgan fingerprint density at radius 3 is 1.53 bits per heavy atom. The molecule has 0 radical (unpaired) electrons. The van der Waals surface area contributed by atoms with E-state index in [1.54, 1.807) is 0 Å². The van der Waals surface area contributed by atoms with E-state index in [1.807, 2.05) is 60.7 Å². The number of nitrogens with zero attached hydrogens (tertiary/aromatic N) is 1. The molecule has 172 valence electrons. The number of ether oxygens (including phenoxy) is 3. The molecule has 4 aromatic rings.